The summed E-state index contributed by atoms with van der Waals surface area (Å²) in [5.41, 5.74) is 0.814. The van der Waals surface area contributed by atoms with Gasteiger partial charge in [-0.25, -0.2) is 8.42 Å². The van der Waals surface area contributed by atoms with Gasteiger partial charge in [-0.1, -0.05) is 0 Å². The predicted molar refractivity (Wildman–Crippen MR) is 115 cm³/mol. The lowest BCUT2D eigenvalue weighted by atomic mass is 10.2. The Morgan fingerprint density at radius 2 is 1.63 bits per heavy atom. The minimum Gasteiger partial charge on any atom is -0.494 e. The number of anilines is 1. The van der Waals surface area contributed by atoms with Crippen LogP contribution in [0.25, 0.3) is 5.82 Å². The quantitative estimate of drug-likeness (QED) is 0.601. The van der Waals surface area contributed by atoms with Crippen molar-refractivity contribution in [2.75, 3.05) is 37.7 Å². The molecule has 158 valence electrons. The van der Waals surface area contributed by atoms with Gasteiger partial charge in [-0.15, -0.1) is 10.2 Å². The van der Waals surface area contributed by atoms with E-state index in [4.69, 9.17) is 4.74 Å². The Labute approximate surface area is 176 Å². The first-order chi connectivity index (χ1) is 14.5. The van der Waals surface area contributed by atoms with Gasteiger partial charge < -0.3 is 14.2 Å². The van der Waals surface area contributed by atoms with Crippen LogP contribution in [0, 0.1) is 6.92 Å². The summed E-state index contributed by atoms with van der Waals surface area (Å²) in [7, 11) is -3.55. The third-order valence-corrected chi connectivity index (χ3v) is 7.05. The molecular formula is C21H25N5O3S. The van der Waals surface area contributed by atoms with Crippen molar-refractivity contribution in [3.63, 3.8) is 0 Å². The minimum absolute atomic E-state index is 0.299. The fourth-order valence-corrected chi connectivity index (χ4v) is 5.03. The van der Waals surface area contributed by atoms with Crippen LogP contribution in [0.2, 0.25) is 0 Å². The Hall–Kier alpha value is -2.91. The van der Waals surface area contributed by atoms with Crippen molar-refractivity contribution in [3.05, 3.63) is 60.4 Å². The van der Waals surface area contributed by atoms with Crippen LogP contribution >= 0.6 is 0 Å². The largest absolute Gasteiger partial charge is 0.494 e. The molecule has 3 heterocycles. The van der Waals surface area contributed by atoms with Gasteiger partial charge in [-0.2, -0.15) is 4.31 Å². The standard InChI is InChI=1S/C21H25N5O3S/c1-3-29-19-7-6-18(16-17(19)2)30(27,28)26-14-12-25(13-15-26)21-9-8-20(22-23-21)24-10-4-5-11-24/h4-11,16H,3,12-15H2,1-2H3. The van der Waals surface area contributed by atoms with E-state index in [2.05, 4.69) is 15.1 Å². The van der Waals surface area contributed by atoms with Gasteiger partial charge in [-0.3, -0.25) is 0 Å². The molecule has 1 aliphatic heterocycles. The molecule has 0 atom stereocenters. The van der Waals surface area contributed by atoms with E-state index in [1.54, 1.807) is 18.2 Å². The molecule has 2 aromatic heterocycles. The van der Waals surface area contributed by atoms with Crippen LogP contribution in [-0.2, 0) is 10.0 Å². The third-order valence-electron chi connectivity index (χ3n) is 5.15. The van der Waals surface area contributed by atoms with Gasteiger partial charge in [0.2, 0.25) is 10.0 Å². The van der Waals surface area contributed by atoms with Crippen molar-refractivity contribution < 1.29 is 13.2 Å². The number of nitrogens with zero attached hydrogens (tertiary/aromatic N) is 5. The topological polar surface area (TPSA) is 80.6 Å². The highest BCUT2D eigenvalue weighted by atomic mass is 32.2. The average molecular weight is 428 g/mol. The maximum atomic E-state index is 13.1. The number of rotatable bonds is 6. The molecular weight excluding hydrogens is 402 g/mol. The molecule has 4 rings (SSSR count). The lowest BCUT2D eigenvalue weighted by Crippen LogP contribution is -2.49. The van der Waals surface area contributed by atoms with E-state index in [9.17, 15) is 8.42 Å². The highest BCUT2D eigenvalue weighted by Gasteiger charge is 2.29. The number of hydrogen-bond acceptors (Lipinski definition) is 6. The average Bonchev–Trinajstić information content (AvgIpc) is 3.30. The molecule has 8 nitrogen and oxygen atoms in total. The normalized spacial score (nSPS) is 15.3. The van der Waals surface area contributed by atoms with Crippen LogP contribution in [0.1, 0.15) is 12.5 Å². The molecule has 0 unspecified atom stereocenters. The van der Waals surface area contributed by atoms with Crippen molar-refractivity contribution in [2.45, 2.75) is 18.7 Å². The molecule has 0 spiro atoms. The van der Waals surface area contributed by atoms with Crippen LogP contribution in [0.4, 0.5) is 5.82 Å². The fourth-order valence-electron chi connectivity index (χ4n) is 3.52. The molecule has 9 heteroatoms. The summed E-state index contributed by atoms with van der Waals surface area (Å²) in [6.07, 6.45) is 3.83. The van der Waals surface area contributed by atoms with Crippen molar-refractivity contribution in [1.82, 2.24) is 19.1 Å². The van der Waals surface area contributed by atoms with Crippen LogP contribution in [0.15, 0.2) is 59.8 Å². The summed E-state index contributed by atoms with van der Waals surface area (Å²) in [6, 6.07) is 12.7. The highest BCUT2D eigenvalue weighted by Crippen LogP contribution is 2.25. The number of aryl methyl sites for hydroxylation is 1. The first-order valence-corrected chi connectivity index (χ1v) is 11.4. The molecule has 1 fully saturated rings. The minimum atomic E-state index is -3.55. The Morgan fingerprint density at radius 3 is 2.23 bits per heavy atom. The second kappa shape index (κ2) is 8.45. The van der Waals surface area contributed by atoms with Gasteiger partial charge in [0.1, 0.15) is 5.75 Å². The highest BCUT2D eigenvalue weighted by molar-refractivity contribution is 7.89. The molecule has 0 amide bonds. The summed E-state index contributed by atoms with van der Waals surface area (Å²) >= 11 is 0. The van der Waals surface area contributed by atoms with Crippen LogP contribution in [0.5, 0.6) is 5.75 Å². The van der Waals surface area contributed by atoms with Gasteiger partial charge in [0.15, 0.2) is 11.6 Å². The van der Waals surface area contributed by atoms with E-state index >= 15 is 0 Å². The zero-order chi connectivity index (χ0) is 21.1. The second-order valence-electron chi connectivity index (χ2n) is 7.09. The van der Waals surface area contributed by atoms with Crippen LogP contribution in [0.3, 0.4) is 0 Å². The number of piperazine rings is 1. The monoisotopic (exact) mass is 427 g/mol. The van der Waals surface area contributed by atoms with Gasteiger partial charge in [0.25, 0.3) is 0 Å². The molecule has 1 saturated heterocycles. The Morgan fingerprint density at radius 1 is 0.967 bits per heavy atom. The molecule has 1 aromatic carbocycles. The Bertz CT molecular complexity index is 1090. The van der Waals surface area contributed by atoms with Crippen molar-refractivity contribution in [2.24, 2.45) is 0 Å². The fraction of sp³-hybridized carbons (Fsp3) is 0.333. The van der Waals surface area contributed by atoms with Crippen LogP contribution in [-0.4, -0.2) is 60.3 Å². The number of aromatic nitrogens is 3. The SMILES string of the molecule is CCOc1ccc(S(=O)(=O)N2CCN(c3ccc(-n4cccc4)nn3)CC2)cc1C. The first kappa shape index (κ1) is 20.4. The maximum Gasteiger partial charge on any atom is 0.243 e. The lowest BCUT2D eigenvalue weighted by molar-refractivity contribution is 0.337. The molecule has 0 bridgehead atoms. The Kier molecular flexibility index (Phi) is 5.74. The molecule has 3 aromatic rings. The molecule has 1 aliphatic rings. The van der Waals surface area contributed by atoms with Crippen molar-refractivity contribution in [3.8, 4) is 11.6 Å². The number of ether oxygens (including phenoxy) is 1. The molecule has 0 N–H and O–H groups in total. The zero-order valence-corrected chi connectivity index (χ0v) is 17.9. The first-order valence-electron chi connectivity index (χ1n) is 9.94. The summed E-state index contributed by atoms with van der Waals surface area (Å²) in [4.78, 5) is 2.36. The smallest absolute Gasteiger partial charge is 0.243 e. The lowest BCUT2D eigenvalue weighted by Gasteiger charge is -2.34. The summed E-state index contributed by atoms with van der Waals surface area (Å²) in [5.74, 6) is 2.21. The van der Waals surface area contributed by atoms with E-state index in [-0.39, 0.29) is 0 Å². The zero-order valence-electron chi connectivity index (χ0n) is 17.1. The number of hydrogen-bond donors (Lipinski definition) is 0. The molecule has 0 radical (unpaired) electrons. The van der Waals surface area contributed by atoms with Crippen LogP contribution < -0.4 is 9.64 Å². The summed E-state index contributed by atoms with van der Waals surface area (Å²) in [6.45, 7) is 6.23. The van der Waals surface area contributed by atoms with E-state index < -0.39 is 10.0 Å². The van der Waals surface area contributed by atoms with Crippen molar-refractivity contribution in [1.29, 1.82) is 0 Å². The third kappa shape index (κ3) is 4.03. The van der Waals surface area contributed by atoms with Gasteiger partial charge in [0.05, 0.1) is 11.5 Å². The van der Waals surface area contributed by atoms with E-state index in [1.165, 1.54) is 4.31 Å². The van der Waals surface area contributed by atoms with Gasteiger partial charge in [0, 0.05) is 38.6 Å². The predicted octanol–water partition coefficient (Wildman–Crippen LogP) is 2.49. The van der Waals surface area contributed by atoms with Crippen molar-refractivity contribution >= 4 is 15.8 Å². The summed E-state index contributed by atoms with van der Waals surface area (Å²) in [5, 5.41) is 8.59. The van der Waals surface area contributed by atoms with Gasteiger partial charge >= 0.3 is 0 Å². The molecule has 0 aliphatic carbocycles. The van der Waals surface area contributed by atoms with E-state index in [1.807, 2.05) is 55.1 Å². The van der Waals surface area contributed by atoms with E-state index in [0.29, 0.717) is 43.4 Å². The number of sulfonamides is 1. The maximum absolute atomic E-state index is 13.1. The Balaban J connectivity index is 1.43. The second-order valence-corrected chi connectivity index (χ2v) is 9.03. The molecule has 30 heavy (non-hydrogen) atoms. The number of benzene rings is 1. The summed E-state index contributed by atoms with van der Waals surface area (Å²) < 4.78 is 35.1. The van der Waals surface area contributed by atoms with E-state index in [0.717, 1.165) is 17.2 Å². The van der Waals surface area contributed by atoms with Gasteiger partial charge in [-0.05, 0) is 61.9 Å². The molecule has 0 saturated carbocycles.